The number of rotatable bonds is 4. The lowest BCUT2D eigenvalue weighted by Gasteiger charge is -2.03. The van der Waals surface area contributed by atoms with Gasteiger partial charge in [-0.1, -0.05) is 42.5 Å². The van der Waals surface area contributed by atoms with E-state index in [9.17, 15) is 4.79 Å². The van der Waals surface area contributed by atoms with Crippen molar-refractivity contribution in [1.29, 1.82) is 0 Å². The number of carbonyl (C=O) groups is 1. The van der Waals surface area contributed by atoms with Gasteiger partial charge in [-0.3, -0.25) is 4.79 Å². The third-order valence-corrected chi connectivity index (χ3v) is 5.01. The molecule has 0 atom stereocenters. The van der Waals surface area contributed by atoms with E-state index in [4.69, 9.17) is 0 Å². The zero-order valence-corrected chi connectivity index (χ0v) is 14.7. The van der Waals surface area contributed by atoms with Crippen LogP contribution in [0.1, 0.15) is 5.56 Å². The average Bonchev–Trinajstić information content (AvgIpc) is 3.12. The lowest BCUT2D eigenvalue weighted by molar-refractivity contribution is -0.111. The lowest BCUT2D eigenvalue weighted by Crippen LogP contribution is -2.07. The van der Waals surface area contributed by atoms with Gasteiger partial charge in [-0.25, -0.2) is 4.98 Å². The van der Waals surface area contributed by atoms with Crippen LogP contribution >= 0.6 is 11.3 Å². The Morgan fingerprint density at radius 1 is 0.885 bits per heavy atom. The molecule has 0 fully saturated rings. The molecule has 1 aromatic heterocycles. The van der Waals surface area contributed by atoms with Crippen LogP contribution in [0.25, 0.3) is 26.9 Å². The van der Waals surface area contributed by atoms with Gasteiger partial charge in [-0.05, 0) is 48.0 Å². The van der Waals surface area contributed by atoms with Gasteiger partial charge < -0.3 is 5.32 Å². The molecular formula is C22H16N2OS. The Kier molecular flexibility index (Phi) is 4.58. The molecule has 1 heterocycles. The number of benzene rings is 3. The lowest BCUT2D eigenvalue weighted by atomic mass is 10.2. The van der Waals surface area contributed by atoms with Crippen LogP contribution in [0.15, 0.2) is 84.9 Å². The summed E-state index contributed by atoms with van der Waals surface area (Å²) in [6.07, 6.45) is 3.33. The highest BCUT2D eigenvalue weighted by atomic mass is 32.1. The monoisotopic (exact) mass is 356 g/mol. The summed E-state index contributed by atoms with van der Waals surface area (Å²) in [7, 11) is 0. The molecule has 1 N–H and O–H groups in total. The Morgan fingerprint density at radius 3 is 2.38 bits per heavy atom. The number of para-hydroxylation sites is 1. The molecule has 126 valence electrons. The van der Waals surface area contributed by atoms with Gasteiger partial charge in [0.25, 0.3) is 0 Å². The maximum absolute atomic E-state index is 12.0. The first-order valence-electron chi connectivity index (χ1n) is 8.28. The third kappa shape index (κ3) is 3.71. The summed E-state index contributed by atoms with van der Waals surface area (Å²) >= 11 is 1.67. The number of anilines is 1. The molecular weight excluding hydrogens is 340 g/mol. The van der Waals surface area contributed by atoms with E-state index >= 15 is 0 Å². The standard InChI is InChI=1S/C22H16N2OS/c25-21(15-10-16-6-2-1-3-7-16)23-18-13-11-17(12-14-18)22-24-19-8-4-5-9-20(19)26-22/h1-15H,(H,23,25)/b15-10-. The van der Waals surface area contributed by atoms with E-state index in [2.05, 4.69) is 16.4 Å². The van der Waals surface area contributed by atoms with Gasteiger partial charge in [0.05, 0.1) is 10.2 Å². The Hall–Kier alpha value is -3.24. The quantitative estimate of drug-likeness (QED) is 0.483. The molecule has 0 saturated heterocycles. The molecule has 3 aromatic carbocycles. The van der Waals surface area contributed by atoms with Gasteiger partial charge in [0.2, 0.25) is 5.91 Å². The molecule has 4 heteroatoms. The highest BCUT2D eigenvalue weighted by Crippen LogP contribution is 2.30. The van der Waals surface area contributed by atoms with Gasteiger partial charge in [-0.2, -0.15) is 0 Å². The van der Waals surface area contributed by atoms with Crippen LogP contribution in [-0.4, -0.2) is 10.9 Å². The van der Waals surface area contributed by atoms with E-state index in [0.29, 0.717) is 0 Å². The van der Waals surface area contributed by atoms with Crippen molar-refractivity contribution in [3.8, 4) is 10.6 Å². The molecule has 0 unspecified atom stereocenters. The fraction of sp³-hybridized carbons (Fsp3) is 0. The van der Waals surface area contributed by atoms with E-state index in [1.54, 1.807) is 17.4 Å². The van der Waals surface area contributed by atoms with E-state index in [0.717, 1.165) is 27.3 Å². The van der Waals surface area contributed by atoms with Crippen molar-refractivity contribution in [2.75, 3.05) is 5.32 Å². The van der Waals surface area contributed by atoms with Gasteiger partial charge >= 0.3 is 0 Å². The first kappa shape index (κ1) is 16.2. The normalized spacial score (nSPS) is 11.1. The summed E-state index contributed by atoms with van der Waals surface area (Å²) < 4.78 is 1.17. The number of nitrogens with one attached hydrogen (secondary N) is 1. The molecule has 4 aromatic rings. The van der Waals surface area contributed by atoms with Crippen molar-refractivity contribution >= 4 is 39.2 Å². The van der Waals surface area contributed by atoms with Gasteiger partial charge in [0, 0.05) is 17.3 Å². The van der Waals surface area contributed by atoms with Crippen LogP contribution in [-0.2, 0) is 4.79 Å². The zero-order chi connectivity index (χ0) is 17.8. The molecule has 0 aliphatic heterocycles. The number of fused-ring (bicyclic) bond motifs is 1. The molecule has 3 nitrogen and oxygen atoms in total. The molecule has 0 spiro atoms. The van der Waals surface area contributed by atoms with Gasteiger partial charge in [0.15, 0.2) is 0 Å². The molecule has 1 amide bonds. The average molecular weight is 356 g/mol. The molecule has 4 rings (SSSR count). The zero-order valence-electron chi connectivity index (χ0n) is 13.9. The third-order valence-electron chi connectivity index (χ3n) is 3.92. The SMILES string of the molecule is O=C(/C=C\c1ccccc1)Nc1ccc(-c2nc3ccccc3s2)cc1. The molecule has 0 aliphatic carbocycles. The van der Waals surface area contributed by atoms with E-state index < -0.39 is 0 Å². The Balaban J connectivity index is 1.45. The summed E-state index contributed by atoms with van der Waals surface area (Å²) in [6.45, 7) is 0. The second-order valence-electron chi connectivity index (χ2n) is 5.80. The van der Waals surface area contributed by atoms with Crippen LogP contribution in [0, 0.1) is 0 Å². The topological polar surface area (TPSA) is 42.0 Å². The van der Waals surface area contributed by atoms with Crippen molar-refractivity contribution in [2.24, 2.45) is 0 Å². The summed E-state index contributed by atoms with van der Waals surface area (Å²) in [5, 5.41) is 3.85. The molecule has 0 radical (unpaired) electrons. The van der Waals surface area contributed by atoms with Crippen LogP contribution in [0.3, 0.4) is 0 Å². The smallest absolute Gasteiger partial charge is 0.248 e. The molecule has 0 aliphatic rings. The summed E-state index contributed by atoms with van der Waals surface area (Å²) in [5.74, 6) is -0.151. The first-order valence-corrected chi connectivity index (χ1v) is 9.10. The predicted octanol–water partition coefficient (Wildman–Crippen LogP) is 5.62. The van der Waals surface area contributed by atoms with Crippen molar-refractivity contribution in [1.82, 2.24) is 4.98 Å². The van der Waals surface area contributed by atoms with Gasteiger partial charge in [-0.15, -0.1) is 11.3 Å². The van der Waals surface area contributed by atoms with Crippen LogP contribution in [0.5, 0.6) is 0 Å². The number of hydrogen-bond donors (Lipinski definition) is 1. The molecule has 26 heavy (non-hydrogen) atoms. The van der Waals surface area contributed by atoms with E-state index in [-0.39, 0.29) is 5.91 Å². The minimum Gasteiger partial charge on any atom is -0.323 e. The van der Waals surface area contributed by atoms with E-state index in [1.807, 2.05) is 72.8 Å². The van der Waals surface area contributed by atoms with Crippen molar-refractivity contribution < 1.29 is 4.79 Å². The Bertz CT molecular complexity index is 1030. The number of thiazole rings is 1. The minimum absolute atomic E-state index is 0.151. The predicted molar refractivity (Wildman–Crippen MR) is 109 cm³/mol. The number of carbonyl (C=O) groups excluding carboxylic acids is 1. The summed E-state index contributed by atoms with van der Waals surface area (Å²) in [4.78, 5) is 16.7. The van der Waals surface area contributed by atoms with E-state index in [1.165, 1.54) is 10.8 Å². The molecule has 0 saturated carbocycles. The number of amides is 1. The maximum atomic E-state index is 12.0. The Morgan fingerprint density at radius 2 is 1.62 bits per heavy atom. The summed E-state index contributed by atoms with van der Waals surface area (Å²) in [6, 6.07) is 25.6. The molecule has 0 bridgehead atoms. The maximum Gasteiger partial charge on any atom is 0.248 e. The summed E-state index contributed by atoms with van der Waals surface area (Å²) in [5.41, 5.74) is 3.81. The second kappa shape index (κ2) is 7.33. The number of aromatic nitrogens is 1. The van der Waals surface area contributed by atoms with Crippen molar-refractivity contribution in [2.45, 2.75) is 0 Å². The van der Waals surface area contributed by atoms with Crippen molar-refractivity contribution in [3.63, 3.8) is 0 Å². The minimum atomic E-state index is -0.151. The number of nitrogens with zero attached hydrogens (tertiary/aromatic N) is 1. The van der Waals surface area contributed by atoms with Crippen LogP contribution in [0.4, 0.5) is 5.69 Å². The largest absolute Gasteiger partial charge is 0.323 e. The van der Waals surface area contributed by atoms with Crippen molar-refractivity contribution in [3.05, 3.63) is 90.5 Å². The fourth-order valence-corrected chi connectivity index (χ4v) is 3.58. The van der Waals surface area contributed by atoms with Crippen LogP contribution in [0.2, 0.25) is 0 Å². The highest BCUT2D eigenvalue weighted by Gasteiger charge is 2.06. The first-order chi connectivity index (χ1) is 12.8. The Labute approximate surface area is 155 Å². The van der Waals surface area contributed by atoms with Crippen LogP contribution < -0.4 is 5.32 Å². The van der Waals surface area contributed by atoms with Gasteiger partial charge in [0.1, 0.15) is 5.01 Å². The number of hydrogen-bond acceptors (Lipinski definition) is 3. The fourth-order valence-electron chi connectivity index (χ4n) is 2.61. The second-order valence-corrected chi connectivity index (χ2v) is 6.83. The highest BCUT2D eigenvalue weighted by molar-refractivity contribution is 7.21.